The normalized spacial score (nSPS) is 11.7. The van der Waals surface area contributed by atoms with E-state index in [1.165, 1.54) is 0 Å². The Balaban J connectivity index is 2.95. The largest absolute Gasteiger partial charge is 0.357 e. The maximum Gasteiger partial charge on any atom is 0.231 e. The fourth-order valence-corrected chi connectivity index (χ4v) is 1.23. The SMILES string of the molecule is CNc1nc(Cl)nc(N(C)C(C)CC#N)n1. The predicted molar refractivity (Wildman–Crippen MR) is 62.5 cm³/mol. The van der Waals surface area contributed by atoms with E-state index in [-0.39, 0.29) is 11.3 Å². The highest BCUT2D eigenvalue weighted by atomic mass is 35.5. The standard InChI is InChI=1S/C9H13ClN6/c1-6(4-5-11)16(3)9-14-7(10)13-8(12-2)15-9/h6H,4H2,1-3H3,(H,12,13,14,15). The maximum absolute atomic E-state index is 8.62. The van der Waals surface area contributed by atoms with Crippen LogP contribution in [0.5, 0.6) is 0 Å². The summed E-state index contributed by atoms with van der Waals surface area (Å²) in [6.45, 7) is 1.92. The van der Waals surface area contributed by atoms with E-state index in [0.29, 0.717) is 18.3 Å². The number of anilines is 2. The summed E-state index contributed by atoms with van der Waals surface area (Å²) >= 11 is 5.76. The van der Waals surface area contributed by atoms with Crippen molar-refractivity contribution in [1.82, 2.24) is 15.0 Å². The van der Waals surface area contributed by atoms with Gasteiger partial charge in [-0.15, -0.1) is 0 Å². The average molecular weight is 241 g/mol. The zero-order valence-electron chi connectivity index (χ0n) is 9.40. The number of aromatic nitrogens is 3. The molecule has 0 aromatic carbocycles. The molecular formula is C9H13ClN6. The van der Waals surface area contributed by atoms with Crippen molar-refractivity contribution >= 4 is 23.5 Å². The monoisotopic (exact) mass is 240 g/mol. The minimum absolute atomic E-state index is 0.0215. The van der Waals surface area contributed by atoms with Gasteiger partial charge in [0, 0.05) is 20.1 Å². The Hall–Kier alpha value is -1.61. The van der Waals surface area contributed by atoms with E-state index in [1.807, 2.05) is 14.0 Å². The number of hydrogen-bond acceptors (Lipinski definition) is 6. The average Bonchev–Trinajstić information content (AvgIpc) is 2.27. The van der Waals surface area contributed by atoms with Crippen LogP contribution in [0.4, 0.5) is 11.9 Å². The van der Waals surface area contributed by atoms with E-state index in [1.54, 1.807) is 11.9 Å². The van der Waals surface area contributed by atoms with Crippen molar-refractivity contribution in [1.29, 1.82) is 5.26 Å². The van der Waals surface area contributed by atoms with Gasteiger partial charge in [0.05, 0.1) is 12.5 Å². The molecule has 0 saturated carbocycles. The molecule has 1 unspecified atom stereocenters. The minimum Gasteiger partial charge on any atom is -0.357 e. The second-order valence-electron chi connectivity index (χ2n) is 3.30. The molecule has 0 fully saturated rings. The molecule has 0 aliphatic heterocycles. The van der Waals surface area contributed by atoms with Crippen LogP contribution in [0.15, 0.2) is 0 Å². The van der Waals surface area contributed by atoms with Gasteiger partial charge in [-0.1, -0.05) is 0 Å². The Bertz CT molecular complexity index is 401. The van der Waals surface area contributed by atoms with Crippen LogP contribution < -0.4 is 10.2 Å². The highest BCUT2D eigenvalue weighted by Gasteiger charge is 2.14. The molecule has 0 saturated heterocycles. The Morgan fingerprint density at radius 1 is 1.50 bits per heavy atom. The van der Waals surface area contributed by atoms with Crippen molar-refractivity contribution in [2.45, 2.75) is 19.4 Å². The summed E-state index contributed by atoms with van der Waals surface area (Å²) in [4.78, 5) is 13.8. The first kappa shape index (κ1) is 12.5. The summed E-state index contributed by atoms with van der Waals surface area (Å²) in [7, 11) is 3.52. The number of nitrogens with one attached hydrogen (secondary N) is 1. The third-order valence-electron chi connectivity index (χ3n) is 2.18. The molecule has 0 radical (unpaired) electrons. The van der Waals surface area contributed by atoms with Gasteiger partial charge in [-0.3, -0.25) is 0 Å². The van der Waals surface area contributed by atoms with Gasteiger partial charge in [0.2, 0.25) is 17.2 Å². The van der Waals surface area contributed by atoms with Gasteiger partial charge in [-0.25, -0.2) is 0 Å². The molecular weight excluding hydrogens is 228 g/mol. The van der Waals surface area contributed by atoms with Gasteiger partial charge >= 0.3 is 0 Å². The van der Waals surface area contributed by atoms with Gasteiger partial charge in [-0.05, 0) is 18.5 Å². The first-order chi connectivity index (χ1) is 7.58. The van der Waals surface area contributed by atoms with Gasteiger partial charge < -0.3 is 10.2 Å². The van der Waals surface area contributed by atoms with Crippen LogP contribution in [-0.4, -0.2) is 35.1 Å². The van der Waals surface area contributed by atoms with Gasteiger partial charge in [-0.2, -0.15) is 20.2 Å². The number of nitriles is 1. The summed E-state index contributed by atoms with van der Waals surface area (Å²) in [5.74, 6) is 0.859. The van der Waals surface area contributed by atoms with Crippen molar-refractivity contribution in [3.05, 3.63) is 5.28 Å². The second-order valence-corrected chi connectivity index (χ2v) is 3.64. The summed E-state index contributed by atoms with van der Waals surface area (Å²) in [6, 6.07) is 2.12. The number of halogens is 1. The van der Waals surface area contributed by atoms with Crippen LogP contribution in [0.1, 0.15) is 13.3 Å². The molecule has 0 bridgehead atoms. The topological polar surface area (TPSA) is 77.7 Å². The summed E-state index contributed by atoms with van der Waals surface area (Å²) < 4.78 is 0. The van der Waals surface area contributed by atoms with Crippen LogP contribution in [-0.2, 0) is 0 Å². The van der Waals surface area contributed by atoms with Crippen LogP contribution in [0, 0.1) is 11.3 Å². The summed E-state index contributed by atoms with van der Waals surface area (Å²) in [5, 5.41) is 11.5. The molecule has 0 aliphatic rings. The highest BCUT2D eigenvalue weighted by Crippen LogP contribution is 2.15. The van der Waals surface area contributed by atoms with E-state index in [9.17, 15) is 0 Å². The summed E-state index contributed by atoms with van der Waals surface area (Å²) in [6.07, 6.45) is 0.398. The van der Waals surface area contributed by atoms with E-state index < -0.39 is 0 Å². The van der Waals surface area contributed by atoms with Crippen molar-refractivity contribution < 1.29 is 0 Å². The van der Waals surface area contributed by atoms with Gasteiger partial charge in [0.15, 0.2) is 0 Å². The van der Waals surface area contributed by atoms with E-state index in [0.717, 1.165) is 0 Å². The fourth-order valence-electron chi connectivity index (χ4n) is 1.08. The second kappa shape index (κ2) is 5.47. The highest BCUT2D eigenvalue weighted by molar-refractivity contribution is 6.28. The molecule has 0 spiro atoms. The number of rotatable bonds is 4. The molecule has 1 rings (SSSR count). The van der Waals surface area contributed by atoms with Crippen molar-refractivity contribution in [3.63, 3.8) is 0 Å². The zero-order chi connectivity index (χ0) is 12.1. The first-order valence-electron chi connectivity index (χ1n) is 4.77. The van der Waals surface area contributed by atoms with Crippen molar-refractivity contribution in [2.75, 3.05) is 24.3 Å². The Labute approximate surface area is 99.3 Å². The minimum atomic E-state index is 0.0215. The van der Waals surface area contributed by atoms with Gasteiger partial charge in [0.1, 0.15) is 0 Å². The Kier molecular flexibility index (Phi) is 4.26. The lowest BCUT2D eigenvalue weighted by atomic mass is 10.2. The molecule has 6 nitrogen and oxygen atoms in total. The maximum atomic E-state index is 8.62. The number of hydrogen-bond donors (Lipinski definition) is 1. The molecule has 0 aliphatic carbocycles. The van der Waals surface area contributed by atoms with E-state index >= 15 is 0 Å². The lowest BCUT2D eigenvalue weighted by Crippen LogP contribution is -2.30. The van der Waals surface area contributed by atoms with Gasteiger partial charge in [0.25, 0.3) is 0 Å². The van der Waals surface area contributed by atoms with E-state index in [4.69, 9.17) is 16.9 Å². The van der Waals surface area contributed by atoms with Crippen LogP contribution in [0.3, 0.4) is 0 Å². The molecule has 1 heterocycles. The Morgan fingerprint density at radius 3 is 2.75 bits per heavy atom. The summed E-state index contributed by atoms with van der Waals surface area (Å²) in [5.41, 5.74) is 0. The van der Waals surface area contributed by atoms with Crippen LogP contribution in [0.25, 0.3) is 0 Å². The first-order valence-corrected chi connectivity index (χ1v) is 5.15. The molecule has 0 amide bonds. The fraction of sp³-hybridized carbons (Fsp3) is 0.556. The molecule has 1 N–H and O–H groups in total. The Morgan fingerprint density at radius 2 is 2.19 bits per heavy atom. The number of nitrogens with zero attached hydrogens (tertiary/aromatic N) is 5. The van der Waals surface area contributed by atoms with Crippen LogP contribution in [0.2, 0.25) is 5.28 Å². The predicted octanol–water partition coefficient (Wildman–Crippen LogP) is 1.31. The molecule has 16 heavy (non-hydrogen) atoms. The molecule has 86 valence electrons. The molecule has 7 heteroatoms. The molecule has 1 atom stereocenters. The zero-order valence-corrected chi connectivity index (χ0v) is 10.2. The van der Waals surface area contributed by atoms with Crippen LogP contribution >= 0.6 is 11.6 Å². The van der Waals surface area contributed by atoms with Crippen molar-refractivity contribution in [3.8, 4) is 6.07 Å². The third kappa shape index (κ3) is 2.94. The lowest BCUT2D eigenvalue weighted by molar-refractivity contribution is 0.681. The third-order valence-corrected chi connectivity index (χ3v) is 2.35. The lowest BCUT2D eigenvalue weighted by Gasteiger charge is -2.22. The molecule has 1 aromatic heterocycles. The van der Waals surface area contributed by atoms with E-state index in [2.05, 4.69) is 26.3 Å². The quantitative estimate of drug-likeness (QED) is 0.855. The molecule has 1 aromatic rings. The smallest absolute Gasteiger partial charge is 0.231 e. The van der Waals surface area contributed by atoms with Crippen molar-refractivity contribution in [2.24, 2.45) is 0 Å².